The summed E-state index contributed by atoms with van der Waals surface area (Å²) in [7, 11) is 0. The molecule has 13 heteroatoms. The van der Waals surface area contributed by atoms with Gasteiger partial charge in [-0.3, -0.25) is 4.79 Å². The topological polar surface area (TPSA) is 111 Å². The summed E-state index contributed by atoms with van der Waals surface area (Å²) in [5.74, 6) is -1.90. The van der Waals surface area contributed by atoms with E-state index in [9.17, 15) is 27.2 Å². The molecule has 0 radical (unpaired) electrons. The van der Waals surface area contributed by atoms with Gasteiger partial charge in [-0.25, -0.2) is 19.2 Å². The van der Waals surface area contributed by atoms with Gasteiger partial charge in [0, 0.05) is 26.2 Å². The first-order valence-electron chi connectivity index (χ1n) is 10.7. The van der Waals surface area contributed by atoms with E-state index in [4.69, 9.17) is 0 Å². The molecule has 0 spiro atoms. The minimum atomic E-state index is -4.18. The molecule has 182 valence electrons. The van der Waals surface area contributed by atoms with Crippen molar-refractivity contribution in [2.45, 2.75) is 31.6 Å². The Morgan fingerprint density at radius 3 is 2.47 bits per heavy atom. The molecule has 9 nitrogen and oxygen atoms in total. The Labute approximate surface area is 192 Å². The van der Waals surface area contributed by atoms with Gasteiger partial charge in [0.15, 0.2) is 0 Å². The minimum absolute atomic E-state index is 0.00292. The number of nitrogens with one attached hydrogen (secondary N) is 4. The zero-order chi connectivity index (χ0) is 24.3. The lowest BCUT2D eigenvalue weighted by Gasteiger charge is -2.32. The van der Waals surface area contributed by atoms with Crippen LogP contribution in [0.4, 0.5) is 39.7 Å². The van der Waals surface area contributed by atoms with E-state index < -0.39 is 30.0 Å². The molecule has 1 aromatic heterocycles. The van der Waals surface area contributed by atoms with E-state index in [1.54, 1.807) is 11.0 Å². The number of rotatable bonds is 6. The third-order valence-corrected chi connectivity index (χ3v) is 5.75. The fourth-order valence-electron chi connectivity index (χ4n) is 3.81. The molecule has 2 aliphatic rings. The molecule has 1 unspecified atom stereocenters. The molecule has 34 heavy (non-hydrogen) atoms. The minimum Gasteiger partial charge on any atom is -0.351 e. The number of hydrogen-bond donors (Lipinski definition) is 4. The molecule has 0 aliphatic carbocycles. The number of piperidine rings is 1. The van der Waals surface area contributed by atoms with Crippen LogP contribution in [0.5, 0.6) is 0 Å². The Kier molecular flexibility index (Phi) is 6.70. The summed E-state index contributed by atoms with van der Waals surface area (Å²) in [6.45, 7) is 0.709. The summed E-state index contributed by atoms with van der Waals surface area (Å²) in [6.07, 6.45) is -1.31. The second-order valence-electron chi connectivity index (χ2n) is 8.14. The first-order valence-corrected chi connectivity index (χ1v) is 10.7. The Bertz CT molecular complexity index is 1040. The lowest BCUT2D eigenvalue weighted by Crippen LogP contribution is -2.42. The van der Waals surface area contributed by atoms with Crippen LogP contribution in [0.3, 0.4) is 0 Å². The van der Waals surface area contributed by atoms with Gasteiger partial charge in [-0.2, -0.15) is 13.2 Å². The second kappa shape index (κ2) is 9.69. The zero-order valence-corrected chi connectivity index (χ0v) is 18.0. The fraction of sp³-hybridized carbons (Fsp3) is 0.429. The average molecular weight is 481 g/mol. The molecular weight excluding hydrogens is 458 g/mol. The maximum atomic E-state index is 14.5. The largest absolute Gasteiger partial charge is 0.391 e. The van der Waals surface area contributed by atoms with Crippen LogP contribution in [0.2, 0.25) is 0 Å². The molecule has 2 aromatic rings. The number of carbonyl (C=O) groups excluding carboxylic acids is 2. The summed E-state index contributed by atoms with van der Waals surface area (Å²) < 4.78 is 53.0. The Morgan fingerprint density at radius 1 is 1.18 bits per heavy atom. The van der Waals surface area contributed by atoms with Crippen LogP contribution in [0.1, 0.15) is 18.4 Å². The number of anilines is 3. The number of carbonyl (C=O) groups is 2. The van der Waals surface area contributed by atoms with E-state index in [1.807, 2.05) is 0 Å². The fourth-order valence-corrected chi connectivity index (χ4v) is 3.81. The molecule has 0 bridgehead atoms. The number of urea groups is 1. The Balaban J connectivity index is 1.30. The van der Waals surface area contributed by atoms with E-state index in [-0.39, 0.29) is 50.6 Å². The quantitative estimate of drug-likeness (QED) is 0.472. The lowest BCUT2D eigenvalue weighted by atomic mass is 9.96. The van der Waals surface area contributed by atoms with Gasteiger partial charge < -0.3 is 26.2 Å². The highest BCUT2D eigenvalue weighted by atomic mass is 19.4. The number of nitrogens with zero attached hydrogens (tertiary/aromatic N) is 3. The van der Waals surface area contributed by atoms with Crippen LogP contribution in [0.25, 0.3) is 0 Å². The lowest BCUT2D eigenvalue weighted by molar-refractivity contribution is -0.179. The van der Waals surface area contributed by atoms with Crippen molar-refractivity contribution >= 4 is 29.3 Å². The van der Waals surface area contributed by atoms with Crippen LogP contribution in [0.15, 0.2) is 30.6 Å². The molecule has 2 fully saturated rings. The molecule has 3 heterocycles. The highest BCUT2D eigenvalue weighted by Gasteiger charge is 2.41. The van der Waals surface area contributed by atoms with E-state index in [1.165, 1.54) is 24.5 Å². The number of amides is 3. The van der Waals surface area contributed by atoms with Crippen LogP contribution >= 0.6 is 0 Å². The standard InChI is InChI=1S/C21H23F4N7O2/c22-15-7-12(8-26-18(33)17-11-29-20(34)31-17)1-2-16(15)30-14-9-27-19(28-10-14)32-5-3-13(4-6-32)21(23,24)25/h1-2,7,9-10,13,17,30H,3-6,8,11H2,(H,26,33)(H2,29,31,34). The number of halogens is 4. The number of aromatic nitrogens is 2. The van der Waals surface area contributed by atoms with E-state index in [0.717, 1.165) is 0 Å². The van der Waals surface area contributed by atoms with Gasteiger partial charge >= 0.3 is 12.2 Å². The monoisotopic (exact) mass is 481 g/mol. The molecule has 1 aromatic carbocycles. The van der Waals surface area contributed by atoms with Gasteiger partial charge in [-0.05, 0) is 30.5 Å². The molecular formula is C21H23F4N7O2. The highest BCUT2D eigenvalue weighted by Crippen LogP contribution is 2.34. The molecule has 3 amide bonds. The zero-order valence-electron chi connectivity index (χ0n) is 18.0. The van der Waals surface area contributed by atoms with Crippen molar-refractivity contribution in [2.24, 2.45) is 5.92 Å². The molecule has 0 saturated carbocycles. The van der Waals surface area contributed by atoms with E-state index in [0.29, 0.717) is 17.2 Å². The normalized spacial score (nSPS) is 18.9. The third-order valence-electron chi connectivity index (χ3n) is 5.75. The SMILES string of the molecule is O=C1NCC(C(=O)NCc2ccc(Nc3cnc(N4CCC(C(F)(F)F)CC4)nc3)c(F)c2)N1. The highest BCUT2D eigenvalue weighted by molar-refractivity contribution is 5.90. The van der Waals surface area contributed by atoms with Crippen molar-refractivity contribution in [1.82, 2.24) is 25.9 Å². The Morgan fingerprint density at radius 2 is 1.88 bits per heavy atom. The maximum absolute atomic E-state index is 14.5. The van der Waals surface area contributed by atoms with Crippen LogP contribution in [0, 0.1) is 11.7 Å². The van der Waals surface area contributed by atoms with Crippen molar-refractivity contribution in [2.75, 3.05) is 29.9 Å². The Hall–Kier alpha value is -3.64. The first kappa shape index (κ1) is 23.5. The third kappa shape index (κ3) is 5.64. The predicted molar refractivity (Wildman–Crippen MR) is 115 cm³/mol. The number of benzene rings is 1. The smallest absolute Gasteiger partial charge is 0.351 e. The van der Waals surface area contributed by atoms with Crippen molar-refractivity contribution in [3.8, 4) is 0 Å². The van der Waals surface area contributed by atoms with Crippen molar-refractivity contribution in [3.05, 3.63) is 42.0 Å². The van der Waals surface area contributed by atoms with Crippen molar-refractivity contribution < 1.29 is 27.2 Å². The number of hydrogen-bond acceptors (Lipinski definition) is 6. The molecule has 1 atom stereocenters. The molecule has 2 saturated heterocycles. The van der Waals surface area contributed by atoms with E-state index in [2.05, 4.69) is 31.2 Å². The predicted octanol–water partition coefficient (Wildman–Crippen LogP) is 2.44. The van der Waals surface area contributed by atoms with E-state index >= 15 is 0 Å². The van der Waals surface area contributed by atoms with Crippen molar-refractivity contribution in [3.63, 3.8) is 0 Å². The average Bonchev–Trinajstić information content (AvgIpc) is 3.25. The van der Waals surface area contributed by atoms with Crippen LogP contribution < -0.4 is 26.2 Å². The van der Waals surface area contributed by atoms with Gasteiger partial charge in [0.1, 0.15) is 11.9 Å². The summed E-state index contributed by atoms with van der Waals surface area (Å²) >= 11 is 0. The van der Waals surface area contributed by atoms with Gasteiger partial charge in [-0.15, -0.1) is 0 Å². The number of alkyl halides is 3. The summed E-state index contributed by atoms with van der Waals surface area (Å²) in [6, 6.07) is 3.33. The molecule has 4 N–H and O–H groups in total. The maximum Gasteiger partial charge on any atom is 0.391 e. The summed E-state index contributed by atoms with van der Waals surface area (Å²) in [4.78, 5) is 33.2. The second-order valence-corrected chi connectivity index (χ2v) is 8.14. The van der Waals surface area contributed by atoms with Gasteiger partial charge in [-0.1, -0.05) is 6.07 Å². The first-order chi connectivity index (χ1) is 16.2. The molecule has 2 aliphatic heterocycles. The van der Waals surface area contributed by atoms with Gasteiger partial charge in [0.05, 0.1) is 29.7 Å². The van der Waals surface area contributed by atoms with Gasteiger partial charge in [0.25, 0.3) is 0 Å². The summed E-state index contributed by atoms with van der Waals surface area (Å²) in [5, 5.41) is 10.4. The molecule has 4 rings (SSSR count). The van der Waals surface area contributed by atoms with Crippen LogP contribution in [-0.2, 0) is 11.3 Å². The van der Waals surface area contributed by atoms with Gasteiger partial charge in [0.2, 0.25) is 11.9 Å². The van der Waals surface area contributed by atoms with Crippen LogP contribution in [-0.4, -0.2) is 53.8 Å². The van der Waals surface area contributed by atoms with Crippen molar-refractivity contribution in [1.29, 1.82) is 0 Å². The summed E-state index contributed by atoms with van der Waals surface area (Å²) in [5.41, 5.74) is 1.12.